The Morgan fingerprint density at radius 2 is 2.13 bits per heavy atom. The maximum Gasteiger partial charge on any atom is 0.133 e. The lowest BCUT2D eigenvalue weighted by Gasteiger charge is -2.11. The molecule has 0 fully saturated rings. The zero-order valence-electron chi connectivity index (χ0n) is 9.84. The van der Waals surface area contributed by atoms with E-state index in [1.54, 1.807) is 0 Å². The highest BCUT2D eigenvalue weighted by Gasteiger charge is 2.02. The van der Waals surface area contributed by atoms with Gasteiger partial charge in [0.05, 0.1) is 5.69 Å². The van der Waals surface area contributed by atoms with Gasteiger partial charge in [0.25, 0.3) is 0 Å². The first-order chi connectivity index (χ1) is 7.22. The SMILES string of the molecule is CCNCC(C)CNCc1cc(C)on1. The third-order valence-corrected chi connectivity index (χ3v) is 2.22. The van der Waals surface area contributed by atoms with Gasteiger partial charge < -0.3 is 15.2 Å². The van der Waals surface area contributed by atoms with Crippen LogP contribution in [0.1, 0.15) is 25.3 Å². The van der Waals surface area contributed by atoms with Gasteiger partial charge in [0.2, 0.25) is 0 Å². The third-order valence-electron chi connectivity index (χ3n) is 2.22. The predicted molar refractivity (Wildman–Crippen MR) is 60.7 cm³/mol. The van der Waals surface area contributed by atoms with Crippen LogP contribution in [0.25, 0.3) is 0 Å². The molecule has 0 aromatic carbocycles. The molecule has 0 aliphatic heterocycles. The predicted octanol–water partition coefficient (Wildman–Crippen LogP) is 1.32. The van der Waals surface area contributed by atoms with Gasteiger partial charge in [-0.25, -0.2) is 0 Å². The number of nitrogens with one attached hydrogen (secondary N) is 2. The molecular weight excluding hydrogens is 190 g/mol. The van der Waals surface area contributed by atoms with Gasteiger partial charge in [0.15, 0.2) is 0 Å². The number of hydrogen-bond donors (Lipinski definition) is 2. The highest BCUT2D eigenvalue weighted by molar-refractivity contribution is 5.02. The second kappa shape index (κ2) is 6.58. The molecule has 4 nitrogen and oxygen atoms in total. The summed E-state index contributed by atoms with van der Waals surface area (Å²) in [6.07, 6.45) is 0. The Balaban J connectivity index is 2.10. The lowest BCUT2D eigenvalue weighted by Crippen LogP contribution is -2.29. The first-order valence-corrected chi connectivity index (χ1v) is 5.56. The van der Waals surface area contributed by atoms with Crippen LogP contribution in [-0.2, 0) is 6.54 Å². The molecule has 0 spiro atoms. The third kappa shape index (κ3) is 4.95. The van der Waals surface area contributed by atoms with Crippen molar-refractivity contribution in [1.82, 2.24) is 15.8 Å². The van der Waals surface area contributed by atoms with Crippen LogP contribution in [0.3, 0.4) is 0 Å². The van der Waals surface area contributed by atoms with Gasteiger partial charge in [-0.15, -0.1) is 0 Å². The van der Waals surface area contributed by atoms with E-state index in [0.29, 0.717) is 5.92 Å². The minimum atomic E-state index is 0.637. The molecule has 0 bridgehead atoms. The number of hydrogen-bond acceptors (Lipinski definition) is 4. The summed E-state index contributed by atoms with van der Waals surface area (Å²) >= 11 is 0. The first kappa shape index (κ1) is 12.2. The van der Waals surface area contributed by atoms with Crippen molar-refractivity contribution in [2.24, 2.45) is 5.92 Å². The van der Waals surface area contributed by atoms with Gasteiger partial charge in [-0.1, -0.05) is 19.0 Å². The summed E-state index contributed by atoms with van der Waals surface area (Å²) < 4.78 is 4.98. The number of rotatable bonds is 7. The van der Waals surface area contributed by atoms with Gasteiger partial charge in [-0.2, -0.15) is 0 Å². The normalized spacial score (nSPS) is 13.0. The molecule has 0 aliphatic carbocycles. The van der Waals surface area contributed by atoms with E-state index in [0.717, 1.165) is 37.6 Å². The molecule has 1 aromatic rings. The minimum absolute atomic E-state index is 0.637. The Labute approximate surface area is 91.4 Å². The molecule has 1 aromatic heterocycles. The maximum atomic E-state index is 4.98. The van der Waals surface area contributed by atoms with E-state index in [1.807, 2.05) is 13.0 Å². The van der Waals surface area contributed by atoms with E-state index in [4.69, 9.17) is 4.52 Å². The van der Waals surface area contributed by atoms with Crippen molar-refractivity contribution in [3.8, 4) is 0 Å². The summed E-state index contributed by atoms with van der Waals surface area (Å²) in [6, 6.07) is 1.96. The second-order valence-electron chi connectivity index (χ2n) is 3.97. The molecule has 0 aliphatic rings. The van der Waals surface area contributed by atoms with Crippen LogP contribution >= 0.6 is 0 Å². The summed E-state index contributed by atoms with van der Waals surface area (Å²) in [4.78, 5) is 0. The molecule has 4 heteroatoms. The number of aromatic nitrogens is 1. The summed E-state index contributed by atoms with van der Waals surface area (Å²) in [5.74, 6) is 1.51. The van der Waals surface area contributed by atoms with E-state index in [9.17, 15) is 0 Å². The summed E-state index contributed by atoms with van der Waals surface area (Å²) in [5.41, 5.74) is 0.975. The molecule has 86 valence electrons. The Kier molecular flexibility index (Phi) is 5.36. The minimum Gasteiger partial charge on any atom is -0.361 e. The van der Waals surface area contributed by atoms with Gasteiger partial charge in [0, 0.05) is 12.6 Å². The maximum absolute atomic E-state index is 4.98. The summed E-state index contributed by atoms with van der Waals surface area (Å²) in [7, 11) is 0. The van der Waals surface area contributed by atoms with Crippen LogP contribution in [0.2, 0.25) is 0 Å². The lowest BCUT2D eigenvalue weighted by atomic mass is 10.2. The molecule has 0 amide bonds. The molecule has 0 saturated carbocycles. The highest BCUT2D eigenvalue weighted by Crippen LogP contribution is 2.00. The zero-order valence-corrected chi connectivity index (χ0v) is 9.84. The Morgan fingerprint density at radius 3 is 2.73 bits per heavy atom. The first-order valence-electron chi connectivity index (χ1n) is 5.56. The highest BCUT2D eigenvalue weighted by atomic mass is 16.5. The monoisotopic (exact) mass is 211 g/mol. The van der Waals surface area contributed by atoms with E-state index < -0.39 is 0 Å². The molecule has 2 N–H and O–H groups in total. The van der Waals surface area contributed by atoms with Crippen molar-refractivity contribution in [3.63, 3.8) is 0 Å². The molecule has 0 saturated heterocycles. The van der Waals surface area contributed by atoms with Crippen LogP contribution in [-0.4, -0.2) is 24.8 Å². The summed E-state index contributed by atoms with van der Waals surface area (Å²) in [5, 5.41) is 10.6. The largest absolute Gasteiger partial charge is 0.361 e. The van der Waals surface area contributed by atoms with E-state index >= 15 is 0 Å². The van der Waals surface area contributed by atoms with Crippen molar-refractivity contribution in [1.29, 1.82) is 0 Å². The molecule has 1 heterocycles. The molecule has 15 heavy (non-hydrogen) atoms. The fourth-order valence-corrected chi connectivity index (χ4v) is 1.41. The van der Waals surface area contributed by atoms with E-state index in [2.05, 4.69) is 29.6 Å². The lowest BCUT2D eigenvalue weighted by molar-refractivity contribution is 0.386. The Hall–Kier alpha value is -0.870. The van der Waals surface area contributed by atoms with Crippen molar-refractivity contribution in [3.05, 3.63) is 17.5 Å². The van der Waals surface area contributed by atoms with E-state index in [-0.39, 0.29) is 0 Å². The second-order valence-corrected chi connectivity index (χ2v) is 3.97. The molecule has 0 radical (unpaired) electrons. The Bertz CT molecular complexity index is 273. The van der Waals surface area contributed by atoms with Gasteiger partial charge in [0.1, 0.15) is 5.76 Å². The Morgan fingerprint density at radius 1 is 1.40 bits per heavy atom. The van der Waals surface area contributed by atoms with Crippen molar-refractivity contribution >= 4 is 0 Å². The molecule has 1 rings (SSSR count). The topological polar surface area (TPSA) is 50.1 Å². The molecule has 1 unspecified atom stereocenters. The molecule has 1 atom stereocenters. The van der Waals surface area contributed by atoms with Crippen molar-refractivity contribution in [2.75, 3.05) is 19.6 Å². The molecular formula is C11H21N3O. The van der Waals surface area contributed by atoms with Gasteiger partial charge >= 0.3 is 0 Å². The fraction of sp³-hybridized carbons (Fsp3) is 0.727. The standard InChI is InChI=1S/C11H21N3O/c1-4-12-6-9(2)7-13-8-11-5-10(3)15-14-11/h5,9,12-13H,4,6-8H2,1-3H3. The van der Waals surface area contributed by atoms with Gasteiger partial charge in [-0.05, 0) is 32.5 Å². The van der Waals surface area contributed by atoms with Crippen molar-refractivity contribution < 1.29 is 4.52 Å². The zero-order chi connectivity index (χ0) is 11.1. The smallest absolute Gasteiger partial charge is 0.133 e. The van der Waals surface area contributed by atoms with Crippen LogP contribution in [0, 0.1) is 12.8 Å². The average molecular weight is 211 g/mol. The van der Waals surface area contributed by atoms with E-state index in [1.165, 1.54) is 0 Å². The van der Waals surface area contributed by atoms with Crippen molar-refractivity contribution in [2.45, 2.75) is 27.3 Å². The van der Waals surface area contributed by atoms with Crippen LogP contribution < -0.4 is 10.6 Å². The summed E-state index contributed by atoms with van der Waals surface area (Å²) in [6.45, 7) is 10.1. The quantitative estimate of drug-likeness (QED) is 0.714. The van der Waals surface area contributed by atoms with Crippen LogP contribution in [0.15, 0.2) is 10.6 Å². The fourth-order valence-electron chi connectivity index (χ4n) is 1.41. The van der Waals surface area contributed by atoms with Crippen LogP contribution in [0.4, 0.5) is 0 Å². The van der Waals surface area contributed by atoms with Gasteiger partial charge in [-0.3, -0.25) is 0 Å². The number of nitrogens with zero attached hydrogens (tertiary/aromatic N) is 1. The number of aryl methyl sites for hydroxylation is 1. The van der Waals surface area contributed by atoms with Crippen LogP contribution in [0.5, 0.6) is 0 Å². The average Bonchev–Trinajstić information content (AvgIpc) is 2.61.